The van der Waals surface area contributed by atoms with Gasteiger partial charge in [-0.3, -0.25) is 0 Å². The summed E-state index contributed by atoms with van der Waals surface area (Å²) in [7, 11) is 0. The molecule has 2 aromatic heterocycles. The highest BCUT2D eigenvalue weighted by atomic mass is 35.5. The molecule has 3 aromatic carbocycles. The fraction of sp³-hybridized carbons (Fsp3) is 0.0741. The largest absolute Gasteiger partial charge is 0.455 e. The molecule has 3 heterocycles. The van der Waals surface area contributed by atoms with Gasteiger partial charge >= 0.3 is 0 Å². The maximum Gasteiger partial charge on any atom is 0.247 e. The van der Waals surface area contributed by atoms with Gasteiger partial charge in [0.05, 0.1) is 0 Å². The van der Waals surface area contributed by atoms with Gasteiger partial charge in [-0.2, -0.15) is 4.98 Å². The fourth-order valence-corrected chi connectivity index (χ4v) is 4.92. The summed E-state index contributed by atoms with van der Waals surface area (Å²) >= 11 is 7.72. The normalized spacial score (nSPS) is 14.2. The number of nitrogens with one attached hydrogen (secondary N) is 1. The summed E-state index contributed by atoms with van der Waals surface area (Å²) in [6.45, 7) is 0. The van der Waals surface area contributed by atoms with Crippen LogP contribution >= 0.6 is 23.4 Å². The molecule has 9 heteroatoms. The van der Waals surface area contributed by atoms with E-state index in [4.69, 9.17) is 20.8 Å². The third-order valence-electron chi connectivity index (χ3n) is 5.66. The highest BCUT2D eigenvalue weighted by molar-refractivity contribution is 7.98. The number of halogens is 2. The van der Waals surface area contributed by atoms with Crippen molar-refractivity contribution in [1.82, 2.24) is 15.2 Å². The number of ether oxygens (including phenoxy) is 1. The van der Waals surface area contributed by atoms with Crippen molar-refractivity contribution in [1.29, 1.82) is 0 Å². The number of hydrogen-bond donors (Lipinski definition) is 1. The van der Waals surface area contributed by atoms with E-state index in [1.165, 1.54) is 23.9 Å². The van der Waals surface area contributed by atoms with Crippen molar-refractivity contribution in [3.63, 3.8) is 0 Å². The molecule has 0 saturated heterocycles. The van der Waals surface area contributed by atoms with E-state index in [0.717, 1.165) is 22.4 Å². The van der Waals surface area contributed by atoms with Crippen LogP contribution in [0, 0.1) is 5.82 Å². The average Bonchev–Trinajstić information content (AvgIpc) is 3.33. The number of rotatable bonds is 5. The quantitative estimate of drug-likeness (QED) is 0.244. The molecule has 1 unspecified atom stereocenters. The molecule has 0 amide bonds. The molecule has 6 nitrogen and oxygen atoms in total. The van der Waals surface area contributed by atoms with Gasteiger partial charge in [-0.25, -0.2) is 4.39 Å². The first-order valence-corrected chi connectivity index (χ1v) is 12.5. The van der Waals surface area contributed by atoms with E-state index in [1.54, 1.807) is 12.1 Å². The van der Waals surface area contributed by atoms with Crippen molar-refractivity contribution < 1.29 is 13.5 Å². The lowest BCUT2D eigenvalue weighted by Gasteiger charge is -2.16. The molecule has 0 aliphatic carbocycles. The standard InChI is InChI=1S/C27H18ClFN4O2S/c28-20-7-3-1-5-17(20)15-36-27-31-26-24(32-33-27)19-6-2-4-8-21(19)30-25(35-26)23-14-13-22(34-23)16-9-11-18(29)12-10-16/h1-14,25,30H,15H2. The molecule has 178 valence electrons. The highest BCUT2D eigenvalue weighted by Gasteiger charge is 2.28. The minimum Gasteiger partial charge on any atom is -0.455 e. The molecule has 1 aliphatic rings. The predicted molar refractivity (Wildman–Crippen MR) is 137 cm³/mol. The van der Waals surface area contributed by atoms with Crippen LogP contribution < -0.4 is 10.1 Å². The van der Waals surface area contributed by atoms with Crippen LogP contribution in [0.2, 0.25) is 5.02 Å². The molecule has 1 aliphatic heterocycles. The Morgan fingerprint density at radius 3 is 2.58 bits per heavy atom. The van der Waals surface area contributed by atoms with Gasteiger partial charge in [-0.05, 0) is 54.1 Å². The van der Waals surface area contributed by atoms with E-state index < -0.39 is 6.23 Å². The van der Waals surface area contributed by atoms with Gasteiger partial charge in [0.1, 0.15) is 11.6 Å². The molecule has 0 saturated carbocycles. The number of aromatic nitrogens is 3. The molecular weight excluding hydrogens is 499 g/mol. The van der Waals surface area contributed by atoms with E-state index in [9.17, 15) is 4.39 Å². The van der Waals surface area contributed by atoms with Gasteiger partial charge in [-0.1, -0.05) is 59.8 Å². The van der Waals surface area contributed by atoms with Crippen molar-refractivity contribution in [2.45, 2.75) is 17.1 Å². The molecule has 0 spiro atoms. The summed E-state index contributed by atoms with van der Waals surface area (Å²) in [5.41, 5.74) is 3.92. The van der Waals surface area contributed by atoms with Crippen LogP contribution in [-0.2, 0) is 5.75 Å². The van der Waals surface area contributed by atoms with Crippen LogP contribution in [0.25, 0.3) is 22.6 Å². The zero-order chi connectivity index (χ0) is 24.5. The van der Waals surface area contributed by atoms with Crippen LogP contribution in [-0.4, -0.2) is 15.2 Å². The Morgan fingerprint density at radius 2 is 1.72 bits per heavy atom. The maximum atomic E-state index is 13.3. The van der Waals surface area contributed by atoms with Crippen LogP contribution in [0.4, 0.5) is 10.1 Å². The van der Waals surface area contributed by atoms with E-state index in [0.29, 0.717) is 39.0 Å². The van der Waals surface area contributed by atoms with Crippen molar-refractivity contribution in [2.24, 2.45) is 0 Å². The lowest BCUT2D eigenvalue weighted by Crippen LogP contribution is -2.16. The number of para-hydroxylation sites is 1. The van der Waals surface area contributed by atoms with E-state index >= 15 is 0 Å². The number of nitrogens with zero attached hydrogens (tertiary/aromatic N) is 3. The summed E-state index contributed by atoms with van der Waals surface area (Å²) in [6.07, 6.45) is -0.667. The third kappa shape index (κ3) is 4.53. The van der Waals surface area contributed by atoms with Crippen molar-refractivity contribution in [3.05, 3.63) is 107 Å². The maximum absolute atomic E-state index is 13.3. The Balaban J connectivity index is 1.32. The molecule has 0 radical (unpaired) electrons. The van der Waals surface area contributed by atoms with Gasteiger partial charge in [0.25, 0.3) is 0 Å². The Kier molecular flexibility index (Phi) is 6.04. The number of anilines is 1. The highest BCUT2D eigenvalue weighted by Crippen LogP contribution is 2.40. The summed E-state index contributed by atoms with van der Waals surface area (Å²) in [4.78, 5) is 4.67. The van der Waals surface area contributed by atoms with Gasteiger partial charge in [0.15, 0.2) is 11.5 Å². The van der Waals surface area contributed by atoms with Gasteiger partial charge in [-0.15, -0.1) is 10.2 Å². The lowest BCUT2D eigenvalue weighted by molar-refractivity contribution is 0.196. The molecule has 5 aromatic rings. The molecule has 0 fully saturated rings. The molecule has 0 bridgehead atoms. The van der Waals surface area contributed by atoms with Crippen molar-refractivity contribution >= 4 is 29.1 Å². The molecule has 1 atom stereocenters. The minimum atomic E-state index is -0.667. The Morgan fingerprint density at radius 1 is 0.917 bits per heavy atom. The second-order valence-corrected chi connectivity index (χ2v) is 9.37. The minimum absolute atomic E-state index is 0.303. The zero-order valence-electron chi connectivity index (χ0n) is 18.7. The van der Waals surface area contributed by atoms with Crippen molar-refractivity contribution in [2.75, 3.05) is 5.32 Å². The van der Waals surface area contributed by atoms with E-state index in [1.807, 2.05) is 60.7 Å². The summed E-state index contributed by atoms with van der Waals surface area (Å²) in [6, 6.07) is 25.2. The van der Waals surface area contributed by atoms with Crippen LogP contribution in [0.1, 0.15) is 17.6 Å². The summed E-state index contributed by atoms with van der Waals surface area (Å²) < 4.78 is 25.7. The number of hydrogen-bond acceptors (Lipinski definition) is 7. The molecule has 6 rings (SSSR count). The second kappa shape index (κ2) is 9.64. The summed E-state index contributed by atoms with van der Waals surface area (Å²) in [5.74, 6) is 1.78. The first-order valence-electron chi connectivity index (χ1n) is 11.1. The first kappa shape index (κ1) is 22.6. The Labute approximate surface area is 215 Å². The van der Waals surface area contributed by atoms with Gasteiger partial charge in [0.2, 0.25) is 17.3 Å². The molecule has 1 N–H and O–H groups in total. The van der Waals surface area contributed by atoms with Crippen LogP contribution in [0.15, 0.2) is 94.5 Å². The van der Waals surface area contributed by atoms with E-state index in [-0.39, 0.29) is 5.82 Å². The van der Waals surface area contributed by atoms with Crippen LogP contribution in [0.5, 0.6) is 5.88 Å². The van der Waals surface area contributed by atoms with Crippen molar-refractivity contribution in [3.8, 4) is 28.5 Å². The number of furan rings is 1. The monoisotopic (exact) mass is 516 g/mol. The second-order valence-electron chi connectivity index (χ2n) is 8.02. The predicted octanol–water partition coefficient (Wildman–Crippen LogP) is 7.39. The van der Waals surface area contributed by atoms with Gasteiger partial charge in [0, 0.05) is 27.6 Å². The van der Waals surface area contributed by atoms with Gasteiger partial charge < -0.3 is 14.5 Å². The third-order valence-corrected chi connectivity index (χ3v) is 6.92. The van der Waals surface area contributed by atoms with E-state index in [2.05, 4.69) is 20.5 Å². The number of benzene rings is 3. The lowest BCUT2D eigenvalue weighted by atomic mass is 10.1. The topological polar surface area (TPSA) is 73.1 Å². The first-order chi connectivity index (χ1) is 17.6. The Hall–Kier alpha value is -3.88. The SMILES string of the molecule is Fc1ccc(-c2ccc(C3Nc4ccccc4-c4nnc(SCc5ccccc5Cl)nc4O3)o2)cc1. The smallest absolute Gasteiger partial charge is 0.247 e. The number of thioether (sulfide) groups is 1. The zero-order valence-corrected chi connectivity index (χ0v) is 20.3. The summed E-state index contributed by atoms with van der Waals surface area (Å²) in [5, 5.41) is 13.3. The average molecular weight is 517 g/mol. The number of fused-ring (bicyclic) bond motifs is 3. The Bertz CT molecular complexity index is 1540. The van der Waals surface area contributed by atoms with Crippen LogP contribution in [0.3, 0.4) is 0 Å². The molecule has 36 heavy (non-hydrogen) atoms. The fourth-order valence-electron chi connectivity index (χ4n) is 3.86. The molecular formula is C27H18ClFN4O2S.